The normalized spacial score (nSPS) is 19.1. The van der Waals surface area contributed by atoms with Crippen LogP contribution in [-0.2, 0) is 11.2 Å². The van der Waals surface area contributed by atoms with Crippen molar-refractivity contribution >= 4 is 17.5 Å². The molecule has 1 aromatic heterocycles. The number of halogens is 1. The standard InChI is InChI=1S/C23H27FN4O3/c1-25-21(29)15-6-10-28(14-15)18-5-9-26-19(12-18)22(30)27-23(7-8-23)13-16-11-17(24)3-4-20(16)31-2/h3-5,9,11-12,15H,6-8,10,13-14H2,1-2H3,(H,25,29)(H,27,30)/t15-/m0/s1. The van der Waals surface area contributed by atoms with Crippen molar-refractivity contribution in [1.82, 2.24) is 15.6 Å². The molecule has 1 aliphatic carbocycles. The quantitative estimate of drug-likeness (QED) is 0.710. The van der Waals surface area contributed by atoms with E-state index in [4.69, 9.17) is 4.74 Å². The van der Waals surface area contributed by atoms with Crippen LogP contribution >= 0.6 is 0 Å². The summed E-state index contributed by atoms with van der Waals surface area (Å²) in [6.45, 7) is 1.38. The highest BCUT2D eigenvalue weighted by molar-refractivity contribution is 5.94. The molecule has 0 radical (unpaired) electrons. The third-order valence-electron chi connectivity index (χ3n) is 6.15. The van der Waals surface area contributed by atoms with E-state index in [1.807, 2.05) is 6.07 Å². The molecule has 8 heteroatoms. The minimum Gasteiger partial charge on any atom is -0.496 e. The first-order valence-electron chi connectivity index (χ1n) is 10.5. The summed E-state index contributed by atoms with van der Waals surface area (Å²) in [6.07, 6.45) is 4.53. The third kappa shape index (κ3) is 4.62. The molecule has 1 saturated heterocycles. The molecule has 2 aliphatic rings. The minimum absolute atomic E-state index is 0.0398. The average molecular weight is 426 g/mol. The molecule has 2 N–H and O–H groups in total. The Morgan fingerprint density at radius 3 is 2.81 bits per heavy atom. The second-order valence-electron chi connectivity index (χ2n) is 8.31. The summed E-state index contributed by atoms with van der Waals surface area (Å²) in [4.78, 5) is 31.2. The molecule has 1 saturated carbocycles. The molecule has 0 spiro atoms. The lowest BCUT2D eigenvalue weighted by Crippen LogP contribution is -2.39. The number of pyridine rings is 1. The Balaban J connectivity index is 1.44. The van der Waals surface area contributed by atoms with Gasteiger partial charge >= 0.3 is 0 Å². The van der Waals surface area contributed by atoms with Crippen LogP contribution in [0.1, 0.15) is 35.3 Å². The van der Waals surface area contributed by atoms with Gasteiger partial charge in [0.1, 0.15) is 17.3 Å². The number of amides is 2. The smallest absolute Gasteiger partial charge is 0.270 e. The largest absolute Gasteiger partial charge is 0.496 e. The number of aromatic nitrogens is 1. The summed E-state index contributed by atoms with van der Waals surface area (Å²) in [5.41, 5.74) is 1.54. The van der Waals surface area contributed by atoms with Gasteiger partial charge in [0.15, 0.2) is 0 Å². The van der Waals surface area contributed by atoms with Crippen molar-refractivity contribution in [2.45, 2.75) is 31.2 Å². The molecular formula is C23H27FN4O3. The van der Waals surface area contributed by atoms with Crippen LogP contribution < -0.4 is 20.3 Å². The van der Waals surface area contributed by atoms with E-state index in [0.29, 0.717) is 24.4 Å². The van der Waals surface area contributed by atoms with E-state index in [-0.39, 0.29) is 23.5 Å². The van der Waals surface area contributed by atoms with Crippen LogP contribution in [0.3, 0.4) is 0 Å². The van der Waals surface area contributed by atoms with Crippen LogP contribution in [0.2, 0.25) is 0 Å². The molecular weight excluding hydrogens is 399 g/mol. The Hall–Kier alpha value is -3.16. The van der Waals surface area contributed by atoms with Gasteiger partial charge in [0.2, 0.25) is 5.91 Å². The fourth-order valence-electron chi connectivity index (χ4n) is 4.20. The first-order valence-corrected chi connectivity index (χ1v) is 10.5. The Bertz CT molecular complexity index is 993. The summed E-state index contributed by atoms with van der Waals surface area (Å²) in [5.74, 6) is 0.0240. The van der Waals surface area contributed by atoms with Gasteiger partial charge < -0.3 is 20.3 Å². The second kappa shape index (κ2) is 8.53. The molecule has 2 amide bonds. The fourth-order valence-corrected chi connectivity index (χ4v) is 4.20. The van der Waals surface area contributed by atoms with Crippen molar-refractivity contribution in [3.05, 3.63) is 53.6 Å². The van der Waals surface area contributed by atoms with Gasteiger partial charge in [0, 0.05) is 37.6 Å². The van der Waals surface area contributed by atoms with Crippen LogP contribution in [0, 0.1) is 11.7 Å². The number of hydrogen-bond acceptors (Lipinski definition) is 5. The van der Waals surface area contributed by atoms with Gasteiger partial charge in [-0.1, -0.05) is 0 Å². The maximum Gasteiger partial charge on any atom is 0.270 e. The zero-order chi connectivity index (χ0) is 22.0. The Kier molecular flexibility index (Phi) is 5.80. The van der Waals surface area contributed by atoms with Gasteiger partial charge in [0.05, 0.1) is 13.0 Å². The molecule has 164 valence electrons. The molecule has 0 unspecified atom stereocenters. The van der Waals surface area contributed by atoms with Crippen molar-refractivity contribution in [3.8, 4) is 5.75 Å². The van der Waals surface area contributed by atoms with E-state index in [1.54, 1.807) is 32.5 Å². The lowest BCUT2D eigenvalue weighted by molar-refractivity contribution is -0.123. The highest BCUT2D eigenvalue weighted by atomic mass is 19.1. The number of nitrogens with one attached hydrogen (secondary N) is 2. The highest BCUT2D eigenvalue weighted by Crippen LogP contribution is 2.41. The second-order valence-corrected chi connectivity index (χ2v) is 8.31. The minimum atomic E-state index is -0.409. The first-order chi connectivity index (χ1) is 14.9. The van der Waals surface area contributed by atoms with Crippen molar-refractivity contribution in [2.24, 2.45) is 5.92 Å². The topological polar surface area (TPSA) is 83.6 Å². The van der Waals surface area contributed by atoms with Crippen LogP contribution in [0.4, 0.5) is 10.1 Å². The van der Waals surface area contributed by atoms with Crippen molar-refractivity contribution in [1.29, 1.82) is 0 Å². The number of nitrogens with zero attached hydrogens (tertiary/aromatic N) is 2. The van der Waals surface area contributed by atoms with Gasteiger partial charge in [-0.15, -0.1) is 0 Å². The monoisotopic (exact) mass is 426 g/mol. The van der Waals surface area contributed by atoms with Gasteiger partial charge in [-0.25, -0.2) is 4.39 Å². The maximum atomic E-state index is 13.7. The molecule has 2 heterocycles. The van der Waals surface area contributed by atoms with Crippen LogP contribution in [-0.4, -0.2) is 49.6 Å². The number of rotatable bonds is 7. The molecule has 1 aliphatic heterocycles. The van der Waals surface area contributed by atoms with Gasteiger partial charge in [-0.3, -0.25) is 14.6 Å². The molecule has 1 aromatic carbocycles. The summed E-state index contributed by atoms with van der Waals surface area (Å²) in [5, 5.41) is 5.79. The number of ether oxygens (including phenoxy) is 1. The number of benzene rings is 1. The Labute approximate surface area is 181 Å². The summed E-state index contributed by atoms with van der Waals surface area (Å²) >= 11 is 0. The molecule has 2 aromatic rings. The summed E-state index contributed by atoms with van der Waals surface area (Å²) in [6, 6.07) is 8.05. The predicted molar refractivity (Wildman–Crippen MR) is 115 cm³/mol. The lowest BCUT2D eigenvalue weighted by atomic mass is 10.0. The van der Waals surface area contributed by atoms with Gasteiger partial charge in [-0.05, 0) is 61.6 Å². The molecule has 0 bridgehead atoms. The lowest BCUT2D eigenvalue weighted by Gasteiger charge is -2.21. The highest BCUT2D eigenvalue weighted by Gasteiger charge is 2.45. The maximum absolute atomic E-state index is 13.7. The SMILES string of the molecule is CNC(=O)[C@H]1CCN(c2ccnc(C(=O)NC3(Cc4cc(F)ccc4OC)CC3)c2)C1. The van der Waals surface area contributed by atoms with E-state index in [2.05, 4.69) is 20.5 Å². The molecule has 1 atom stereocenters. The zero-order valence-electron chi connectivity index (χ0n) is 17.8. The molecule has 7 nitrogen and oxygen atoms in total. The van der Waals surface area contributed by atoms with E-state index in [0.717, 1.165) is 37.1 Å². The number of carbonyl (C=O) groups excluding carboxylic acids is 2. The first kappa shape index (κ1) is 21.1. The number of anilines is 1. The molecule has 4 rings (SSSR count). The summed E-state index contributed by atoms with van der Waals surface area (Å²) in [7, 11) is 3.20. The number of methoxy groups -OCH3 is 1. The third-order valence-corrected chi connectivity index (χ3v) is 6.15. The molecule has 31 heavy (non-hydrogen) atoms. The van der Waals surface area contributed by atoms with Gasteiger partial charge in [-0.2, -0.15) is 0 Å². The number of carbonyl (C=O) groups is 2. The van der Waals surface area contributed by atoms with E-state index < -0.39 is 5.54 Å². The van der Waals surface area contributed by atoms with Crippen molar-refractivity contribution < 1.29 is 18.7 Å². The average Bonchev–Trinajstić information content (AvgIpc) is 3.34. The Morgan fingerprint density at radius 2 is 2.10 bits per heavy atom. The number of hydrogen-bond donors (Lipinski definition) is 2. The Morgan fingerprint density at radius 1 is 1.29 bits per heavy atom. The van der Waals surface area contributed by atoms with Crippen LogP contribution in [0.5, 0.6) is 5.75 Å². The van der Waals surface area contributed by atoms with Crippen molar-refractivity contribution in [2.75, 3.05) is 32.1 Å². The fraction of sp³-hybridized carbons (Fsp3) is 0.435. The van der Waals surface area contributed by atoms with E-state index in [1.165, 1.54) is 12.1 Å². The van der Waals surface area contributed by atoms with Crippen LogP contribution in [0.15, 0.2) is 36.5 Å². The predicted octanol–water partition coefficient (Wildman–Crippen LogP) is 2.31. The zero-order valence-corrected chi connectivity index (χ0v) is 17.8. The van der Waals surface area contributed by atoms with E-state index >= 15 is 0 Å². The van der Waals surface area contributed by atoms with Crippen molar-refractivity contribution in [3.63, 3.8) is 0 Å². The van der Waals surface area contributed by atoms with Gasteiger partial charge in [0.25, 0.3) is 5.91 Å². The van der Waals surface area contributed by atoms with E-state index in [9.17, 15) is 14.0 Å². The van der Waals surface area contributed by atoms with Crippen LogP contribution in [0.25, 0.3) is 0 Å². The summed E-state index contributed by atoms with van der Waals surface area (Å²) < 4.78 is 19.1. The molecule has 2 fully saturated rings.